The van der Waals surface area contributed by atoms with Gasteiger partial charge in [0.25, 0.3) is 0 Å². The van der Waals surface area contributed by atoms with Crippen molar-refractivity contribution in [2.45, 2.75) is 329 Å². The molecule has 0 radical (unpaired) electrons. The van der Waals surface area contributed by atoms with Crippen LogP contribution >= 0.6 is 15.6 Å². The van der Waals surface area contributed by atoms with Crippen LogP contribution in [0.1, 0.15) is 310 Å². The van der Waals surface area contributed by atoms with Gasteiger partial charge in [-0.15, -0.1) is 0 Å². The van der Waals surface area contributed by atoms with E-state index in [4.69, 9.17) is 37.0 Å². The van der Waals surface area contributed by atoms with Gasteiger partial charge in [0.1, 0.15) is 19.3 Å². The van der Waals surface area contributed by atoms with E-state index in [1.54, 1.807) is 12.2 Å². The quantitative estimate of drug-likeness (QED) is 0.0169. The Bertz CT molecular complexity index is 2290. The summed E-state index contributed by atoms with van der Waals surface area (Å²) < 4.78 is 68.3. The summed E-state index contributed by atoms with van der Waals surface area (Å²) in [5.41, 5.74) is 0. The molecular formula is C79H136O17P2. The van der Waals surface area contributed by atoms with Gasteiger partial charge in [0.05, 0.1) is 32.8 Å². The van der Waals surface area contributed by atoms with E-state index in [0.29, 0.717) is 25.7 Å². The summed E-state index contributed by atoms with van der Waals surface area (Å²) in [6.07, 6.45) is 75.4. The number of aliphatic hydroxyl groups is 1. The highest BCUT2D eigenvalue weighted by Gasteiger charge is 2.30. The normalized spacial score (nSPS) is 14.6. The van der Waals surface area contributed by atoms with E-state index < -0.39 is 97.5 Å². The monoisotopic (exact) mass is 1420 g/mol. The number of phosphoric ester groups is 2. The third-order valence-electron chi connectivity index (χ3n) is 15.8. The predicted molar refractivity (Wildman–Crippen MR) is 399 cm³/mol. The molecule has 98 heavy (non-hydrogen) atoms. The summed E-state index contributed by atoms with van der Waals surface area (Å²) >= 11 is 0. The van der Waals surface area contributed by atoms with Crippen LogP contribution in [-0.4, -0.2) is 96.7 Å². The molecule has 0 saturated heterocycles. The van der Waals surface area contributed by atoms with E-state index in [9.17, 15) is 43.2 Å². The van der Waals surface area contributed by atoms with Crippen molar-refractivity contribution in [3.8, 4) is 0 Å². The molecule has 0 aliphatic heterocycles. The molecule has 0 aromatic carbocycles. The minimum Gasteiger partial charge on any atom is -0.462 e. The molecule has 0 aliphatic carbocycles. The molecular weight excluding hydrogens is 1280 g/mol. The second-order valence-corrected chi connectivity index (χ2v) is 28.1. The second kappa shape index (κ2) is 71.1. The molecule has 0 aromatic heterocycles. The zero-order valence-corrected chi connectivity index (χ0v) is 63.2. The molecule has 5 atom stereocenters. The zero-order valence-electron chi connectivity index (χ0n) is 61.4. The first-order chi connectivity index (χ1) is 47.7. The summed E-state index contributed by atoms with van der Waals surface area (Å²) in [6, 6.07) is 0. The van der Waals surface area contributed by atoms with Gasteiger partial charge in [-0.2, -0.15) is 0 Å². The molecule has 0 rings (SSSR count). The number of aliphatic hydroxyl groups excluding tert-OH is 1. The highest BCUT2D eigenvalue weighted by Crippen LogP contribution is 2.45. The van der Waals surface area contributed by atoms with Crippen molar-refractivity contribution in [1.29, 1.82) is 0 Å². The number of ether oxygens (including phenoxy) is 4. The van der Waals surface area contributed by atoms with Crippen LogP contribution < -0.4 is 0 Å². The van der Waals surface area contributed by atoms with Gasteiger partial charge in [-0.05, 0) is 109 Å². The highest BCUT2D eigenvalue weighted by molar-refractivity contribution is 7.47. The lowest BCUT2D eigenvalue weighted by Crippen LogP contribution is -2.30. The molecule has 0 aliphatic rings. The van der Waals surface area contributed by atoms with Crippen molar-refractivity contribution in [3.63, 3.8) is 0 Å². The SMILES string of the molecule is CC/C=C\C/C=C\C/C=C\C/C=C\C/C=C\CC(=O)OC(COC(=O)CCCCCCCCC/C=C\C/C=C\C/C=C\CC)COP(=O)(O)OCC(O)COP(=O)(O)OCC(COC(=O)CCCCCCC/C=C\CCCCCC)OC(=O)CCCCCCCCCCCCCCC. The Hall–Kier alpha value is -4.28. The van der Waals surface area contributed by atoms with Crippen molar-refractivity contribution in [2.75, 3.05) is 39.6 Å². The Morgan fingerprint density at radius 2 is 0.571 bits per heavy atom. The van der Waals surface area contributed by atoms with Gasteiger partial charge in [-0.3, -0.25) is 37.3 Å². The van der Waals surface area contributed by atoms with Crippen LogP contribution in [-0.2, 0) is 65.4 Å². The molecule has 17 nitrogen and oxygen atoms in total. The summed E-state index contributed by atoms with van der Waals surface area (Å²) in [5, 5.41) is 10.6. The van der Waals surface area contributed by atoms with Crippen LogP contribution in [0, 0.1) is 0 Å². The average molecular weight is 1420 g/mol. The molecule has 564 valence electrons. The van der Waals surface area contributed by atoms with E-state index in [1.807, 2.05) is 12.2 Å². The maximum Gasteiger partial charge on any atom is 0.472 e. The molecule has 0 spiro atoms. The van der Waals surface area contributed by atoms with Crippen LogP contribution in [0.4, 0.5) is 0 Å². The number of unbranched alkanes of at least 4 members (excludes halogenated alkanes) is 28. The minimum absolute atomic E-state index is 0.0939. The summed E-state index contributed by atoms with van der Waals surface area (Å²) in [5.74, 6) is -2.33. The molecule has 0 fully saturated rings. The molecule has 0 amide bonds. The fourth-order valence-corrected chi connectivity index (χ4v) is 11.6. The lowest BCUT2D eigenvalue weighted by Gasteiger charge is -2.21. The van der Waals surface area contributed by atoms with Gasteiger partial charge in [0.15, 0.2) is 12.2 Å². The first-order valence-corrected chi connectivity index (χ1v) is 41.1. The van der Waals surface area contributed by atoms with Gasteiger partial charge < -0.3 is 33.8 Å². The predicted octanol–water partition coefficient (Wildman–Crippen LogP) is 21.8. The summed E-state index contributed by atoms with van der Waals surface area (Å²) in [6.45, 7) is 4.52. The highest BCUT2D eigenvalue weighted by atomic mass is 31.2. The first kappa shape index (κ1) is 93.7. The molecule has 0 aromatic rings. The average Bonchev–Trinajstić information content (AvgIpc) is 1.02. The van der Waals surface area contributed by atoms with Crippen LogP contribution in [0.3, 0.4) is 0 Å². The Kier molecular flexibility index (Phi) is 68.0. The van der Waals surface area contributed by atoms with E-state index in [2.05, 4.69) is 113 Å². The third-order valence-corrected chi connectivity index (χ3v) is 17.7. The fraction of sp³-hybridized carbons (Fsp3) is 0.722. The smallest absolute Gasteiger partial charge is 0.462 e. The van der Waals surface area contributed by atoms with E-state index in [1.165, 1.54) is 77.0 Å². The van der Waals surface area contributed by atoms with E-state index in [-0.39, 0.29) is 25.7 Å². The van der Waals surface area contributed by atoms with Gasteiger partial charge >= 0.3 is 39.5 Å². The molecule has 0 heterocycles. The first-order valence-electron chi connectivity index (χ1n) is 38.1. The number of rotatable bonds is 71. The largest absolute Gasteiger partial charge is 0.472 e. The molecule has 3 N–H and O–H groups in total. The van der Waals surface area contributed by atoms with E-state index in [0.717, 1.165) is 154 Å². The number of carbonyl (C=O) groups is 4. The second-order valence-electron chi connectivity index (χ2n) is 25.2. The number of hydrogen-bond donors (Lipinski definition) is 3. The van der Waals surface area contributed by atoms with Crippen molar-refractivity contribution in [3.05, 3.63) is 109 Å². The van der Waals surface area contributed by atoms with Crippen molar-refractivity contribution < 1.29 is 80.2 Å². The third kappa shape index (κ3) is 70.2. The maximum atomic E-state index is 13.1. The van der Waals surface area contributed by atoms with Gasteiger partial charge in [0.2, 0.25) is 0 Å². The van der Waals surface area contributed by atoms with Gasteiger partial charge in [0, 0.05) is 19.3 Å². The summed E-state index contributed by atoms with van der Waals surface area (Å²) in [4.78, 5) is 72.8. The molecule has 0 saturated carbocycles. The lowest BCUT2D eigenvalue weighted by atomic mass is 10.0. The van der Waals surface area contributed by atoms with E-state index >= 15 is 0 Å². The zero-order chi connectivity index (χ0) is 71.8. The van der Waals surface area contributed by atoms with Crippen molar-refractivity contribution in [1.82, 2.24) is 0 Å². The van der Waals surface area contributed by atoms with Crippen LogP contribution in [0.5, 0.6) is 0 Å². The Morgan fingerprint density at radius 1 is 0.306 bits per heavy atom. The van der Waals surface area contributed by atoms with Crippen molar-refractivity contribution >= 4 is 39.5 Å². The van der Waals surface area contributed by atoms with Crippen LogP contribution in [0.25, 0.3) is 0 Å². The van der Waals surface area contributed by atoms with Crippen molar-refractivity contribution in [2.24, 2.45) is 0 Å². The van der Waals surface area contributed by atoms with Crippen LogP contribution in [0.2, 0.25) is 0 Å². The minimum atomic E-state index is -5.00. The molecule has 5 unspecified atom stereocenters. The Morgan fingerprint density at radius 3 is 0.929 bits per heavy atom. The standard InChI is InChI=1S/C79H136O17P2/c1-5-9-13-17-21-25-29-33-35-36-38-41-44-48-52-56-60-64-77(82)90-70-75(96-79(84)66-62-58-54-50-46-42-37-34-30-26-22-18-14-10-6-2)72-94-98(87,88)92-68-73(80)67-91-97(85,86)93-71-74(95-78(83)65-61-57-53-49-45-40-32-28-24-20-16-12-8-4)69-89-76(81)63-59-55-51-47-43-39-31-27-23-19-15-11-7-3/h9-10,13-14,21-22,25-27,31,33-35,37,46,50,58,62,73-75,80H,5-8,11-12,15-20,23-24,28-30,32,36,38-45,47-49,51-57,59-61,63-72H2,1-4H3,(H,85,86)(H,87,88)/b13-9-,14-10-,25-21-,26-22-,31-27-,35-33-,37-34-,50-46-,62-58-. The maximum absolute atomic E-state index is 13.1. The number of hydrogen-bond acceptors (Lipinski definition) is 15. The van der Waals surface area contributed by atoms with Gasteiger partial charge in [-0.1, -0.05) is 285 Å². The van der Waals surface area contributed by atoms with Crippen LogP contribution in [0.15, 0.2) is 109 Å². The fourth-order valence-electron chi connectivity index (χ4n) is 10.0. The van der Waals surface area contributed by atoms with Gasteiger partial charge in [-0.25, -0.2) is 9.13 Å². The summed E-state index contributed by atoms with van der Waals surface area (Å²) in [7, 11) is -9.98. The number of carbonyl (C=O) groups excluding carboxylic acids is 4. The molecule has 0 bridgehead atoms. The number of phosphoric acid groups is 2. The Balaban J connectivity index is 5.41. The molecule has 19 heteroatoms. The Labute approximate surface area is 594 Å². The number of allylic oxidation sites excluding steroid dienone is 17. The topological polar surface area (TPSA) is 237 Å². The number of esters is 4. The lowest BCUT2D eigenvalue weighted by molar-refractivity contribution is -0.161.